The molecular weight excluding hydrogens is 148 g/mol. The van der Waals surface area contributed by atoms with Gasteiger partial charge >= 0.3 is 0 Å². The second-order valence-electron chi connectivity index (χ2n) is 3.58. The van der Waals surface area contributed by atoms with Gasteiger partial charge in [0.1, 0.15) is 5.78 Å². The molecule has 0 heterocycles. The van der Waals surface area contributed by atoms with Crippen molar-refractivity contribution in [3.63, 3.8) is 0 Å². The summed E-state index contributed by atoms with van der Waals surface area (Å²) < 4.78 is 0. The Kier molecular flexibility index (Phi) is 2.85. The van der Waals surface area contributed by atoms with Gasteiger partial charge in [-0.2, -0.15) is 0 Å². The molecule has 1 fully saturated rings. The Hall–Kier alpha value is -0.850. The Morgan fingerprint density at radius 3 is 2.33 bits per heavy atom. The molecule has 1 nitrogen and oxygen atoms in total. The van der Waals surface area contributed by atoms with Gasteiger partial charge in [0.15, 0.2) is 0 Å². The monoisotopic (exact) mass is 164 g/mol. The van der Waals surface area contributed by atoms with Crippen molar-refractivity contribution in [1.82, 2.24) is 0 Å². The Morgan fingerprint density at radius 2 is 2.00 bits per heavy atom. The first-order valence-electron chi connectivity index (χ1n) is 4.44. The molecular formula is C11H16O. The van der Waals surface area contributed by atoms with Crippen molar-refractivity contribution in [2.75, 3.05) is 0 Å². The molecule has 1 aliphatic carbocycles. The molecule has 1 aliphatic rings. The highest BCUT2D eigenvalue weighted by Gasteiger charge is 2.33. The van der Waals surface area contributed by atoms with Gasteiger partial charge in [0.2, 0.25) is 0 Å². The maximum atomic E-state index is 11.2. The van der Waals surface area contributed by atoms with Crippen LogP contribution in [0.2, 0.25) is 0 Å². The Labute approximate surface area is 74.2 Å². The van der Waals surface area contributed by atoms with Gasteiger partial charge in [-0.15, -0.1) is 13.2 Å². The van der Waals surface area contributed by atoms with Crippen molar-refractivity contribution in [2.45, 2.75) is 19.8 Å². The van der Waals surface area contributed by atoms with E-state index in [0.717, 1.165) is 12.8 Å². The molecule has 66 valence electrons. The van der Waals surface area contributed by atoms with E-state index in [1.807, 2.05) is 12.2 Å². The molecule has 0 amide bonds. The van der Waals surface area contributed by atoms with Crippen LogP contribution in [0.3, 0.4) is 0 Å². The number of rotatable bonds is 3. The smallest absolute Gasteiger partial charge is 0.133 e. The van der Waals surface area contributed by atoms with Crippen LogP contribution in [0.5, 0.6) is 0 Å². The van der Waals surface area contributed by atoms with E-state index in [2.05, 4.69) is 13.2 Å². The summed E-state index contributed by atoms with van der Waals surface area (Å²) in [6, 6.07) is 0. The molecule has 3 atom stereocenters. The fourth-order valence-electron chi connectivity index (χ4n) is 2.03. The predicted octanol–water partition coefficient (Wildman–Crippen LogP) is 2.59. The van der Waals surface area contributed by atoms with Gasteiger partial charge in [-0.25, -0.2) is 0 Å². The summed E-state index contributed by atoms with van der Waals surface area (Å²) in [4.78, 5) is 11.2. The van der Waals surface area contributed by atoms with Crippen LogP contribution in [0.1, 0.15) is 19.8 Å². The van der Waals surface area contributed by atoms with Crippen molar-refractivity contribution in [3.8, 4) is 0 Å². The van der Waals surface area contributed by atoms with Crippen LogP contribution in [0.15, 0.2) is 25.3 Å². The van der Waals surface area contributed by atoms with Gasteiger partial charge in [0.05, 0.1) is 0 Å². The second kappa shape index (κ2) is 3.70. The first kappa shape index (κ1) is 9.24. The molecule has 0 radical (unpaired) electrons. The Bertz CT molecular complexity index is 205. The van der Waals surface area contributed by atoms with Crippen molar-refractivity contribution < 1.29 is 4.79 Å². The lowest BCUT2D eigenvalue weighted by molar-refractivity contribution is -0.121. The molecule has 3 unspecified atom stereocenters. The molecule has 12 heavy (non-hydrogen) atoms. The first-order valence-corrected chi connectivity index (χ1v) is 4.44. The normalized spacial score (nSPS) is 34.6. The van der Waals surface area contributed by atoms with Gasteiger partial charge in [-0.1, -0.05) is 12.2 Å². The zero-order chi connectivity index (χ0) is 9.14. The van der Waals surface area contributed by atoms with Crippen LogP contribution in [0, 0.1) is 17.8 Å². The van der Waals surface area contributed by atoms with Crippen LogP contribution in [-0.2, 0) is 4.79 Å². The average Bonchev–Trinajstić information content (AvgIpc) is 2.47. The van der Waals surface area contributed by atoms with E-state index in [9.17, 15) is 4.79 Å². The van der Waals surface area contributed by atoms with Crippen molar-refractivity contribution >= 4 is 5.78 Å². The SMILES string of the molecule is C=CC1CC(C=C)C(C(C)=O)C1. The van der Waals surface area contributed by atoms with E-state index < -0.39 is 0 Å². The number of ketones is 1. The van der Waals surface area contributed by atoms with E-state index in [1.54, 1.807) is 6.92 Å². The van der Waals surface area contributed by atoms with E-state index in [-0.39, 0.29) is 5.92 Å². The molecule has 0 aromatic rings. The molecule has 1 rings (SSSR count). The van der Waals surface area contributed by atoms with Gasteiger partial charge in [0, 0.05) is 5.92 Å². The van der Waals surface area contributed by atoms with E-state index in [0.29, 0.717) is 17.6 Å². The van der Waals surface area contributed by atoms with Gasteiger partial charge < -0.3 is 0 Å². The quantitative estimate of drug-likeness (QED) is 0.586. The predicted molar refractivity (Wildman–Crippen MR) is 50.8 cm³/mol. The summed E-state index contributed by atoms with van der Waals surface area (Å²) in [6.45, 7) is 9.19. The molecule has 1 saturated carbocycles. The standard InChI is InChI=1S/C11H16O/c1-4-9-6-10(5-2)11(7-9)8(3)12/h4-5,9-11H,1-2,6-7H2,3H3. The van der Waals surface area contributed by atoms with E-state index in [1.165, 1.54) is 0 Å². The second-order valence-corrected chi connectivity index (χ2v) is 3.58. The lowest BCUT2D eigenvalue weighted by Gasteiger charge is -2.10. The Morgan fingerprint density at radius 1 is 1.33 bits per heavy atom. The summed E-state index contributed by atoms with van der Waals surface area (Å²) in [7, 11) is 0. The summed E-state index contributed by atoms with van der Waals surface area (Å²) >= 11 is 0. The highest BCUT2D eigenvalue weighted by Crippen LogP contribution is 2.37. The minimum absolute atomic E-state index is 0.200. The topological polar surface area (TPSA) is 17.1 Å². The third kappa shape index (κ3) is 1.66. The number of allylic oxidation sites excluding steroid dienone is 2. The maximum Gasteiger partial charge on any atom is 0.133 e. The van der Waals surface area contributed by atoms with Gasteiger partial charge in [0.25, 0.3) is 0 Å². The summed E-state index contributed by atoms with van der Waals surface area (Å²) in [5.41, 5.74) is 0. The minimum atomic E-state index is 0.200. The fraction of sp³-hybridized carbons (Fsp3) is 0.545. The molecule has 0 aliphatic heterocycles. The third-order valence-corrected chi connectivity index (χ3v) is 2.81. The largest absolute Gasteiger partial charge is 0.300 e. The average molecular weight is 164 g/mol. The zero-order valence-electron chi connectivity index (χ0n) is 7.62. The minimum Gasteiger partial charge on any atom is -0.300 e. The van der Waals surface area contributed by atoms with Crippen molar-refractivity contribution in [2.24, 2.45) is 17.8 Å². The first-order chi connectivity index (χ1) is 5.69. The fourth-order valence-corrected chi connectivity index (χ4v) is 2.03. The molecule has 0 N–H and O–H groups in total. The number of hydrogen-bond acceptors (Lipinski definition) is 1. The lowest BCUT2D eigenvalue weighted by atomic mass is 9.93. The van der Waals surface area contributed by atoms with Crippen molar-refractivity contribution in [3.05, 3.63) is 25.3 Å². The maximum absolute atomic E-state index is 11.2. The summed E-state index contributed by atoms with van der Waals surface area (Å²) in [5.74, 6) is 1.39. The number of carbonyl (C=O) groups excluding carboxylic acids is 1. The van der Waals surface area contributed by atoms with Crippen molar-refractivity contribution in [1.29, 1.82) is 0 Å². The molecule has 0 bridgehead atoms. The summed E-state index contributed by atoms with van der Waals surface area (Å²) in [6.07, 6.45) is 5.89. The van der Waals surface area contributed by atoms with Gasteiger partial charge in [-0.3, -0.25) is 4.79 Å². The van der Waals surface area contributed by atoms with Crippen LogP contribution in [0.4, 0.5) is 0 Å². The summed E-state index contributed by atoms with van der Waals surface area (Å²) in [5, 5.41) is 0. The lowest BCUT2D eigenvalue weighted by Crippen LogP contribution is -2.13. The molecule has 0 saturated heterocycles. The highest BCUT2D eigenvalue weighted by molar-refractivity contribution is 5.79. The number of carbonyl (C=O) groups is 1. The molecule has 0 spiro atoms. The highest BCUT2D eigenvalue weighted by atomic mass is 16.1. The molecule has 1 heteroatoms. The van der Waals surface area contributed by atoms with Gasteiger partial charge in [-0.05, 0) is 31.6 Å². The van der Waals surface area contributed by atoms with E-state index >= 15 is 0 Å². The van der Waals surface area contributed by atoms with Crippen LogP contribution < -0.4 is 0 Å². The Balaban J connectivity index is 2.68. The number of hydrogen-bond donors (Lipinski definition) is 0. The molecule has 0 aromatic heterocycles. The third-order valence-electron chi connectivity index (χ3n) is 2.81. The van der Waals surface area contributed by atoms with Crippen LogP contribution >= 0.6 is 0 Å². The van der Waals surface area contributed by atoms with Crippen LogP contribution in [0.25, 0.3) is 0 Å². The number of Topliss-reactive ketones (excluding diaryl/α,β-unsaturated/α-hetero) is 1. The molecule has 0 aromatic carbocycles. The van der Waals surface area contributed by atoms with E-state index in [4.69, 9.17) is 0 Å². The zero-order valence-corrected chi connectivity index (χ0v) is 7.62. The van der Waals surface area contributed by atoms with Crippen LogP contribution in [-0.4, -0.2) is 5.78 Å².